The number of rotatable bonds is 4. The first-order valence-corrected chi connectivity index (χ1v) is 5.33. The molecular weight excluding hydrogens is 200 g/mol. The third-order valence-corrected chi connectivity index (χ3v) is 2.44. The van der Waals surface area contributed by atoms with Gasteiger partial charge < -0.3 is 5.32 Å². The number of nitriles is 1. The fraction of sp³-hybridized carbons (Fsp3) is 0.385. The molecule has 0 aromatic heterocycles. The zero-order valence-corrected chi connectivity index (χ0v) is 9.71. The highest BCUT2D eigenvalue weighted by Crippen LogP contribution is 2.10. The molecule has 1 N–H and O–H groups in total. The normalized spacial score (nSPS) is 9.56. The molecule has 0 aliphatic heterocycles. The van der Waals surface area contributed by atoms with Crippen molar-refractivity contribution in [1.82, 2.24) is 5.32 Å². The van der Waals surface area contributed by atoms with Gasteiger partial charge in [0.25, 0.3) is 0 Å². The van der Waals surface area contributed by atoms with Gasteiger partial charge in [0.05, 0.1) is 6.07 Å². The van der Waals surface area contributed by atoms with Gasteiger partial charge in [0.15, 0.2) is 0 Å². The van der Waals surface area contributed by atoms with Crippen molar-refractivity contribution in [3.05, 3.63) is 34.9 Å². The Bertz CT molecular complexity index is 418. The monoisotopic (exact) mass is 216 g/mol. The van der Waals surface area contributed by atoms with Crippen LogP contribution in [-0.4, -0.2) is 5.91 Å². The van der Waals surface area contributed by atoms with E-state index in [9.17, 15) is 4.79 Å². The van der Waals surface area contributed by atoms with Gasteiger partial charge in [-0.1, -0.05) is 23.8 Å². The van der Waals surface area contributed by atoms with E-state index in [-0.39, 0.29) is 18.7 Å². The van der Waals surface area contributed by atoms with Crippen LogP contribution in [0.25, 0.3) is 0 Å². The van der Waals surface area contributed by atoms with Crippen LogP contribution >= 0.6 is 0 Å². The second-order valence-electron chi connectivity index (χ2n) is 3.86. The second-order valence-corrected chi connectivity index (χ2v) is 3.86. The summed E-state index contributed by atoms with van der Waals surface area (Å²) in [6, 6.07) is 8.13. The Morgan fingerprint density at radius 1 is 1.44 bits per heavy atom. The summed E-state index contributed by atoms with van der Waals surface area (Å²) >= 11 is 0. The topological polar surface area (TPSA) is 52.9 Å². The Hall–Kier alpha value is -1.82. The van der Waals surface area contributed by atoms with Crippen molar-refractivity contribution in [1.29, 1.82) is 5.26 Å². The third kappa shape index (κ3) is 3.74. The Balaban J connectivity index is 2.51. The maximum Gasteiger partial charge on any atom is 0.221 e. The number of nitrogens with zero attached hydrogens (tertiary/aromatic N) is 1. The molecule has 16 heavy (non-hydrogen) atoms. The van der Waals surface area contributed by atoms with Crippen LogP contribution in [0.3, 0.4) is 0 Å². The predicted molar refractivity (Wildman–Crippen MR) is 62.6 cm³/mol. The maximum atomic E-state index is 11.3. The Labute approximate surface area is 96.1 Å². The van der Waals surface area contributed by atoms with Gasteiger partial charge in [-0.15, -0.1) is 0 Å². The molecule has 84 valence electrons. The van der Waals surface area contributed by atoms with Crippen LogP contribution in [0, 0.1) is 25.2 Å². The van der Waals surface area contributed by atoms with E-state index < -0.39 is 0 Å². The van der Waals surface area contributed by atoms with Gasteiger partial charge in [0.2, 0.25) is 5.91 Å². The highest BCUT2D eigenvalue weighted by Gasteiger charge is 2.02. The zero-order chi connectivity index (χ0) is 12.0. The number of benzene rings is 1. The summed E-state index contributed by atoms with van der Waals surface area (Å²) in [7, 11) is 0. The molecule has 1 aromatic carbocycles. The number of aryl methyl sites for hydroxylation is 2. The molecule has 0 spiro atoms. The number of carbonyl (C=O) groups is 1. The molecule has 0 atom stereocenters. The largest absolute Gasteiger partial charge is 0.352 e. The van der Waals surface area contributed by atoms with Gasteiger partial charge in [0, 0.05) is 19.4 Å². The highest BCUT2D eigenvalue weighted by atomic mass is 16.1. The van der Waals surface area contributed by atoms with Crippen LogP contribution < -0.4 is 5.32 Å². The molecule has 0 saturated heterocycles. The van der Waals surface area contributed by atoms with E-state index >= 15 is 0 Å². The lowest BCUT2D eigenvalue weighted by Crippen LogP contribution is -2.22. The van der Waals surface area contributed by atoms with E-state index in [1.54, 1.807) is 0 Å². The molecule has 1 aromatic rings. The average molecular weight is 216 g/mol. The molecule has 0 aliphatic rings. The fourth-order valence-corrected chi connectivity index (χ4v) is 1.44. The molecule has 3 nitrogen and oxygen atoms in total. The van der Waals surface area contributed by atoms with E-state index in [2.05, 4.69) is 17.4 Å². The quantitative estimate of drug-likeness (QED) is 0.839. The lowest BCUT2D eigenvalue weighted by atomic mass is 10.1. The van der Waals surface area contributed by atoms with Gasteiger partial charge in [-0.2, -0.15) is 5.26 Å². The van der Waals surface area contributed by atoms with Crippen molar-refractivity contribution < 1.29 is 4.79 Å². The molecule has 0 bridgehead atoms. The first-order chi connectivity index (χ1) is 7.63. The van der Waals surface area contributed by atoms with Gasteiger partial charge >= 0.3 is 0 Å². The SMILES string of the molecule is Cc1ccc(C)c(CNC(=O)CCC#N)c1. The minimum absolute atomic E-state index is 0.0672. The maximum absolute atomic E-state index is 11.3. The van der Waals surface area contributed by atoms with Gasteiger partial charge in [0.1, 0.15) is 0 Å². The molecular formula is C13H16N2O. The van der Waals surface area contributed by atoms with Crippen LogP contribution in [0.2, 0.25) is 0 Å². The van der Waals surface area contributed by atoms with Crippen molar-refractivity contribution in [3.63, 3.8) is 0 Å². The number of nitrogens with one attached hydrogen (secondary N) is 1. The van der Waals surface area contributed by atoms with Crippen molar-refractivity contribution in [2.24, 2.45) is 0 Å². The standard InChI is InChI=1S/C13H16N2O/c1-10-5-6-11(2)12(8-10)9-15-13(16)4-3-7-14/h5-6,8H,3-4,9H2,1-2H3,(H,15,16). The molecule has 1 rings (SSSR count). The Morgan fingerprint density at radius 2 is 2.19 bits per heavy atom. The molecule has 0 unspecified atom stereocenters. The first-order valence-electron chi connectivity index (χ1n) is 5.33. The minimum atomic E-state index is -0.0672. The molecule has 0 aliphatic carbocycles. The van der Waals surface area contributed by atoms with Gasteiger partial charge in [-0.25, -0.2) is 0 Å². The molecule has 3 heteroatoms. The van der Waals surface area contributed by atoms with Crippen molar-refractivity contribution in [2.75, 3.05) is 0 Å². The Kier molecular flexibility index (Phi) is 4.53. The average Bonchev–Trinajstić information content (AvgIpc) is 2.27. The van der Waals surface area contributed by atoms with Crippen molar-refractivity contribution >= 4 is 5.91 Å². The summed E-state index contributed by atoms with van der Waals surface area (Å²) in [4.78, 5) is 11.3. The van der Waals surface area contributed by atoms with E-state index in [0.717, 1.165) is 5.56 Å². The summed E-state index contributed by atoms with van der Waals surface area (Å²) in [5.74, 6) is -0.0672. The number of carbonyl (C=O) groups excluding carboxylic acids is 1. The van der Waals surface area contributed by atoms with Crippen molar-refractivity contribution in [2.45, 2.75) is 33.2 Å². The molecule has 1 amide bonds. The van der Waals surface area contributed by atoms with Crippen LogP contribution in [0.5, 0.6) is 0 Å². The molecule has 0 fully saturated rings. The lowest BCUT2D eigenvalue weighted by molar-refractivity contribution is -0.121. The predicted octanol–water partition coefficient (Wildman–Crippen LogP) is 2.22. The number of hydrogen-bond acceptors (Lipinski definition) is 2. The Morgan fingerprint density at radius 3 is 2.88 bits per heavy atom. The summed E-state index contributed by atoms with van der Waals surface area (Å²) in [5.41, 5.74) is 3.49. The number of hydrogen-bond donors (Lipinski definition) is 1. The van der Waals surface area contributed by atoms with Crippen molar-refractivity contribution in [3.8, 4) is 6.07 Å². The summed E-state index contributed by atoms with van der Waals surface area (Å²) in [6.45, 7) is 4.59. The van der Waals surface area contributed by atoms with Gasteiger partial charge in [-0.05, 0) is 25.0 Å². The van der Waals surface area contributed by atoms with E-state index in [1.165, 1.54) is 11.1 Å². The van der Waals surface area contributed by atoms with Crippen LogP contribution in [0.15, 0.2) is 18.2 Å². The lowest BCUT2D eigenvalue weighted by Gasteiger charge is -2.08. The smallest absolute Gasteiger partial charge is 0.221 e. The summed E-state index contributed by atoms with van der Waals surface area (Å²) < 4.78 is 0. The third-order valence-electron chi connectivity index (χ3n) is 2.44. The second kappa shape index (κ2) is 5.92. The summed E-state index contributed by atoms with van der Waals surface area (Å²) in [5, 5.41) is 11.2. The first kappa shape index (κ1) is 12.3. The molecule has 0 heterocycles. The van der Waals surface area contributed by atoms with E-state index in [0.29, 0.717) is 6.54 Å². The number of amides is 1. The van der Waals surface area contributed by atoms with E-state index in [1.807, 2.05) is 26.0 Å². The summed E-state index contributed by atoms with van der Waals surface area (Å²) in [6.07, 6.45) is 0.556. The minimum Gasteiger partial charge on any atom is -0.352 e. The molecule has 0 radical (unpaired) electrons. The zero-order valence-electron chi connectivity index (χ0n) is 9.71. The fourth-order valence-electron chi connectivity index (χ4n) is 1.44. The van der Waals surface area contributed by atoms with E-state index in [4.69, 9.17) is 5.26 Å². The molecule has 0 saturated carbocycles. The van der Waals surface area contributed by atoms with Gasteiger partial charge in [-0.3, -0.25) is 4.79 Å². The van der Waals surface area contributed by atoms with Crippen LogP contribution in [0.1, 0.15) is 29.5 Å². The van der Waals surface area contributed by atoms with Crippen LogP contribution in [0.4, 0.5) is 0 Å². The highest BCUT2D eigenvalue weighted by molar-refractivity contribution is 5.76. The van der Waals surface area contributed by atoms with Crippen LogP contribution in [-0.2, 0) is 11.3 Å².